The Balaban J connectivity index is 1.38. The van der Waals surface area contributed by atoms with Crippen molar-refractivity contribution in [3.05, 3.63) is 48.2 Å². The monoisotopic (exact) mass is 401 g/mol. The van der Waals surface area contributed by atoms with Crippen LogP contribution in [0.1, 0.15) is 30.1 Å². The number of nitrogens with zero attached hydrogens (tertiary/aromatic N) is 6. The summed E-state index contributed by atoms with van der Waals surface area (Å²) < 4.78 is 9.42. The third-order valence-electron chi connectivity index (χ3n) is 6.11. The van der Waals surface area contributed by atoms with Crippen LogP contribution >= 0.6 is 0 Å². The predicted octanol–water partition coefficient (Wildman–Crippen LogP) is 3.28. The van der Waals surface area contributed by atoms with Gasteiger partial charge in [-0.15, -0.1) is 0 Å². The predicted molar refractivity (Wildman–Crippen MR) is 113 cm³/mol. The van der Waals surface area contributed by atoms with Gasteiger partial charge in [0, 0.05) is 54.4 Å². The molecule has 2 aliphatic heterocycles. The first kappa shape index (κ1) is 17.6. The number of hydrogen-bond donors (Lipinski definition) is 1. The molecule has 0 bridgehead atoms. The van der Waals surface area contributed by atoms with Crippen LogP contribution in [0.2, 0.25) is 0 Å². The molecule has 1 saturated heterocycles. The Morgan fingerprint density at radius 2 is 2.07 bits per heavy atom. The van der Waals surface area contributed by atoms with Crippen LogP contribution in [0, 0.1) is 6.92 Å². The lowest BCUT2D eigenvalue weighted by molar-refractivity contribution is 0.0662. The van der Waals surface area contributed by atoms with Crippen molar-refractivity contribution in [2.45, 2.75) is 32.2 Å². The molecule has 0 spiro atoms. The number of aromatic nitrogens is 6. The van der Waals surface area contributed by atoms with E-state index in [-0.39, 0.29) is 0 Å². The minimum Gasteiger partial charge on any atom is -0.381 e. The maximum Gasteiger partial charge on any atom is 0.154 e. The summed E-state index contributed by atoms with van der Waals surface area (Å²) in [5.74, 6) is 0.968. The van der Waals surface area contributed by atoms with Crippen LogP contribution in [-0.4, -0.2) is 49.1 Å². The fourth-order valence-corrected chi connectivity index (χ4v) is 4.51. The van der Waals surface area contributed by atoms with E-state index in [1.54, 1.807) is 0 Å². The van der Waals surface area contributed by atoms with E-state index in [1.165, 1.54) is 5.56 Å². The SMILES string of the molecule is Cc1nn2cc(-c3ccnc4c3CCN4)nc2cc1-c1cnn(C2CCOCC2)c1. The highest BCUT2D eigenvalue weighted by Crippen LogP contribution is 2.32. The molecular weight excluding hydrogens is 378 g/mol. The lowest BCUT2D eigenvalue weighted by Crippen LogP contribution is -2.19. The molecule has 1 fully saturated rings. The highest BCUT2D eigenvalue weighted by molar-refractivity contribution is 5.74. The molecule has 152 valence electrons. The van der Waals surface area contributed by atoms with Crippen molar-refractivity contribution in [2.24, 2.45) is 0 Å². The molecular formula is C22H23N7O. The zero-order valence-corrected chi connectivity index (χ0v) is 16.9. The standard InChI is InChI=1S/C22H23N7O/c1-14-19(15-11-25-28(12-15)16-4-8-30-9-5-16)10-21-26-20(13-29(21)27-14)17-2-6-23-22-18(17)3-7-24-22/h2,6,10-13,16H,3-5,7-9H2,1H3,(H,23,24). The first-order valence-corrected chi connectivity index (χ1v) is 10.5. The van der Waals surface area contributed by atoms with E-state index in [9.17, 15) is 0 Å². The van der Waals surface area contributed by atoms with Crippen molar-refractivity contribution in [2.75, 3.05) is 25.1 Å². The van der Waals surface area contributed by atoms with Crippen molar-refractivity contribution in [3.8, 4) is 22.4 Å². The van der Waals surface area contributed by atoms with E-state index in [1.807, 2.05) is 36.1 Å². The summed E-state index contributed by atoms with van der Waals surface area (Å²) in [6.07, 6.45) is 10.9. The largest absolute Gasteiger partial charge is 0.381 e. The van der Waals surface area contributed by atoms with Crippen molar-refractivity contribution in [1.29, 1.82) is 0 Å². The molecule has 0 aromatic carbocycles. The quantitative estimate of drug-likeness (QED) is 0.567. The lowest BCUT2D eigenvalue weighted by atomic mass is 10.1. The van der Waals surface area contributed by atoms with E-state index in [0.29, 0.717) is 6.04 Å². The first-order chi connectivity index (χ1) is 14.8. The molecule has 0 aliphatic carbocycles. The van der Waals surface area contributed by atoms with Crippen molar-refractivity contribution >= 4 is 11.5 Å². The average molecular weight is 401 g/mol. The Kier molecular flexibility index (Phi) is 4.05. The van der Waals surface area contributed by atoms with Gasteiger partial charge in [-0.3, -0.25) is 4.68 Å². The summed E-state index contributed by atoms with van der Waals surface area (Å²) in [7, 11) is 0. The van der Waals surface area contributed by atoms with E-state index >= 15 is 0 Å². The van der Waals surface area contributed by atoms with Crippen molar-refractivity contribution in [3.63, 3.8) is 0 Å². The Labute approximate surface area is 173 Å². The minimum absolute atomic E-state index is 0.407. The maximum atomic E-state index is 5.48. The van der Waals surface area contributed by atoms with E-state index in [2.05, 4.69) is 32.3 Å². The number of aryl methyl sites for hydroxylation is 1. The highest BCUT2D eigenvalue weighted by atomic mass is 16.5. The van der Waals surface area contributed by atoms with Gasteiger partial charge in [0.2, 0.25) is 0 Å². The fraction of sp³-hybridized carbons (Fsp3) is 0.364. The number of ether oxygens (including phenoxy) is 1. The summed E-state index contributed by atoms with van der Waals surface area (Å²) >= 11 is 0. The van der Waals surface area contributed by atoms with Gasteiger partial charge in [-0.25, -0.2) is 14.5 Å². The number of pyridine rings is 1. The van der Waals surface area contributed by atoms with Gasteiger partial charge in [-0.05, 0) is 38.3 Å². The molecule has 1 N–H and O–H groups in total. The van der Waals surface area contributed by atoms with Gasteiger partial charge in [0.1, 0.15) is 5.82 Å². The Hall–Kier alpha value is -3.26. The Morgan fingerprint density at radius 1 is 1.17 bits per heavy atom. The van der Waals surface area contributed by atoms with Gasteiger partial charge in [0.05, 0.1) is 29.8 Å². The number of hydrogen-bond acceptors (Lipinski definition) is 6. The molecule has 0 atom stereocenters. The van der Waals surface area contributed by atoms with Gasteiger partial charge in [-0.1, -0.05) is 0 Å². The molecule has 4 aromatic heterocycles. The number of anilines is 1. The topological polar surface area (TPSA) is 82.2 Å². The molecule has 0 unspecified atom stereocenters. The molecule has 0 radical (unpaired) electrons. The molecule has 30 heavy (non-hydrogen) atoms. The maximum absolute atomic E-state index is 5.48. The van der Waals surface area contributed by atoms with Crippen molar-refractivity contribution in [1.82, 2.24) is 29.4 Å². The van der Waals surface area contributed by atoms with E-state index in [0.717, 1.165) is 78.6 Å². The highest BCUT2D eigenvalue weighted by Gasteiger charge is 2.20. The second kappa shape index (κ2) is 6.91. The van der Waals surface area contributed by atoms with Crippen LogP contribution in [0.15, 0.2) is 36.9 Å². The molecule has 8 nitrogen and oxygen atoms in total. The van der Waals surface area contributed by atoms with E-state index in [4.69, 9.17) is 14.8 Å². The lowest BCUT2D eigenvalue weighted by Gasteiger charge is -2.22. The number of imidazole rings is 1. The van der Waals surface area contributed by atoms with Crippen LogP contribution < -0.4 is 5.32 Å². The first-order valence-electron chi connectivity index (χ1n) is 10.5. The Morgan fingerprint density at radius 3 is 2.97 bits per heavy atom. The third-order valence-corrected chi connectivity index (χ3v) is 6.11. The van der Waals surface area contributed by atoms with Crippen LogP contribution in [0.25, 0.3) is 28.0 Å². The summed E-state index contributed by atoms with van der Waals surface area (Å²) in [6, 6.07) is 4.56. The van der Waals surface area contributed by atoms with Crippen LogP contribution in [0.3, 0.4) is 0 Å². The van der Waals surface area contributed by atoms with Crippen LogP contribution in [-0.2, 0) is 11.2 Å². The second-order valence-electron chi connectivity index (χ2n) is 7.99. The fourth-order valence-electron chi connectivity index (χ4n) is 4.51. The normalized spacial score (nSPS) is 16.7. The summed E-state index contributed by atoms with van der Waals surface area (Å²) in [5, 5.41) is 12.7. The second-order valence-corrected chi connectivity index (χ2v) is 7.99. The third kappa shape index (κ3) is 2.87. The number of rotatable bonds is 3. The zero-order chi connectivity index (χ0) is 20.1. The van der Waals surface area contributed by atoms with Crippen LogP contribution in [0.4, 0.5) is 5.82 Å². The number of fused-ring (bicyclic) bond motifs is 2. The van der Waals surface area contributed by atoms with Crippen LogP contribution in [0.5, 0.6) is 0 Å². The van der Waals surface area contributed by atoms with Gasteiger partial charge < -0.3 is 10.1 Å². The minimum atomic E-state index is 0.407. The van der Waals surface area contributed by atoms with Gasteiger partial charge in [-0.2, -0.15) is 10.2 Å². The molecule has 2 aliphatic rings. The zero-order valence-electron chi connectivity index (χ0n) is 16.9. The Bertz CT molecular complexity index is 1240. The van der Waals surface area contributed by atoms with Crippen molar-refractivity contribution < 1.29 is 4.74 Å². The molecule has 4 aromatic rings. The summed E-state index contributed by atoms with van der Waals surface area (Å²) in [4.78, 5) is 9.32. The van der Waals surface area contributed by atoms with E-state index < -0.39 is 0 Å². The number of nitrogens with one attached hydrogen (secondary N) is 1. The molecule has 0 saturated carbocycles. The molecule has 6 heterocycles. The summed E-state index contributed by atoms with van der Waals surface area (Å²) in [6.45, 7) is 4.56. The molecule has 6 rings (SSSR count). The van der Waals surface area contributed by atoms with Gasteiger partial charge in [0.25, 0.3) is 0 Å². The van der Waals surface area contributed by atoms with Gasteiger partial charge in [0.15, 0.2) is 5.65 Å². The molecule has 0 amide bonds. The average Bonchev–Trinajstić information content (AvgIpc) is 3.52. The smallest absolute Gasteiger partial charge is 0.154 e. The molecule has 8 heteroatoms. The van der Waals surface area contributed by atoms with Gasteiger partial charge >= 0.3 is 0 Å². The summed E-state index contributed by atoms with van der Waals surface area (Å²) in [5.41, 5.74) is 7.23.